The van der Waals surface area contributed by atoms with Crippen molar-refractivity contribution in [3.8, 4) is 11.5 Å². The van der Waals surface area contributed by atoms with Gasteiger partial charge in [-0.2, -0.15) is 8.78 Å². The molecular weight excluding hydrogens is 304 g/mol. The van der Waals surface area contributed by atoms with Gasteiger partial charge in [0.25, 0.3) is 5.89 Å². The maximum Gasteiger partial charge on any atom is 0.315 e. The van der Waals surface area contributed by atoms with Crippen molar-refractivity contribution in [2.75, 3.05) is 5.32 Å². The van der Waals surface area contributed by atoms with Crippen LogP contribution in [0.4, 0.5) is 14.8 Å². The summed E-state index contributed by atoms with van der Waals surface area (Å²) in [5, 5.41) is 9.55. The van der Waals surface area contributed by atoms with Crippen LogP contribution in [0.2, 0.25) is 0 Å². The molecule has 0 saturated heterocycles. The Morgan fingerprint density at radius 1 is 1.00 bits per heavy atom. The maximum atomic E-state index is 12.4. The van der Waals surface area contributed by atoms with E-state index in [1.807, 2.05) is 54.6 Å². The zero-order valence-corrected chi connectivity index (χ0v) is 11.9. The Bertz CT molecular complexity index is 763. The van der Waals surface area contributed by atoms with Gasteiger partial charge in [-0.1, -0.05) is 35.4 Å². The van der Waals surface area contributed by atoms with Crippen LogP contribution in [0.3, 0.4) is 0 Å². The van der Waals surface area contributed by atoms with Gasteiger partial charge >= 0.3 is 12.4 Å². The summed E-state index contributed by atoms with van der Waals surface area (Å²) in [5.41, 5.74) is 0.884. The Balaban J connectivity index is 1.63. The van der Waals surface area contributed by atoms with E-state index in [9.17, 15) is 8.78 Å². The molecule has 1 heterocycles. The predicted molar refractivity (Wildman–Crippen MR) is 79.5 cm³/mol. The second-order valence-corrected chi connectivity index (χ2v) is 4.66. The molecular formula is C16H13F2N3O2. The Hall–Kier alpha value is -2.96. The molecule has 0 atom stereocenters. The monoisotopic (exact) mass is 317 g/mol. The molecule has 0 aliphatic heterocycles. The van der Waals surface area contributed by atoms with Gasteiger partial charge in [-0.3, -0.25) is 0 Å². The zero-order chi connectivity index (χ0) is 16.1. The molecule has 0 unspecified atom stereocenters. The second kappa shape index (κ2) is 6.87. The number of ether oxygens (including phenoxy) is 1. The minimum absolute atomic E-state index is 0.0466. The van der Waals surface area contributed by atoms with E-state index in [0.717, 1.165) is 11.3 Å². The van der Waals surface area contributed by atoms with Crippen LogP contribution in [0.15, 0.2) is 59.0 Å². The lowest BCUT2D eigenvalue weighted by Crippen LogP contribution is -1.99. The molecule has 23 heavy (non-hydrogen) atoms. The molecule has 0 bridgehead atoms. The first kappa shape index (κ1) is 15.0. The number of hydrogen-bond acceptors (Lipinski definition) is 5. The minimum atomic E-state index is -2.78. The lowest BCUT2D eigenvalue weighted by atomic mass is 10.2. The highest BCUT2D eigenvalue weighted by Gasteiger charge is 2.15. The third kappa shape index (κ3) is 4.03. The van der Waals surface area contributed by atoms with Gasteiger partial charge in [-0.15, -0.1) is 5.10 Å². The molecule has 0 fully saturated rings. The fraction of sp³-hybridized carbons (Fsp3) is 0.125. The number of halogens is 2. The van der Waals surface area contributed by atoms with Gasteiger partial charge in [0.1, 0.15) is 11.5 Å². The lowest BCUT2D eigenvalue weighted by Gasteiger charge is -2.07. The van der Waals surface area contributed by atoms with Crippen LogP contribution in [-0.4, -0.2) is 10.2 Å². The van der Waals surface area contributed by atoms with Crippen molar-refractivity contribution >= 4 is 6.01 Å². The SMILES string of the molecule is FC(F)c1nnc(NCc2cccc(Oc3ccccc3)c2)o1. The molecule has 1 aromatic heterocycles. The number of anilines is 1. The standard InChI is InChI=1S/C16H13F2N3O2/c17-14(18)15-20-21-16(23-15)19-10-11-5-4-8-13(9-11)22-12-6-2-1-3-7-12/h1-9,14H,10H2,(H,19,21). The normalized spacial score (nSPS) is 10.7. The minimum Gasteiger partial charge on any atom is -0.457 e. The molecule has 1 N–H and O–H groups in total. The topological polar surface area (TPSA) is 60.2 Å². The van der Waals surface area contributed by atoms with E-state index in [1.165, 1.54) is 0 Å². The summed E-state index contributed by atoms with van der Waals surface area (Å²) in [5.74, 6) is 0.707. The molecule has 0 aliphatic carbocycles. The largest absolute Gasteiger partial charge is 0.457 e. The number of rotatable bonds is 6. The number of alkyl halides is 2. The Morgan fingerprint density at radius 2 is 1.78 bits per heavy atom. The van der Waals surface area contributed by atoms with Gasteiger partial charge in [0.2, 0.25) is 0 Å². The number of nitrogens with one attached hydrogen (secondary N) is 1. The highest BCUT2D eigenvalue weighted by Crippen LogP contribution is 2.23. The van der Waals surface area contributed by atoms with Crippen molar-refractivity contribution < 1.29 is 17.9 Å². The summed E-state index contributed by atoms with van der Waals surface area (Å²) in [4.78, 5) is 0. The van der Waals surface area contributed by atoms with Crippen molar-refractivity contribution in [3.05, 3.63) is 66.1 Å². The summed E-state index contributed by atoms with van der Waals surface area (Å²) in [6.45, 7) is 0.344. The molecule has 2 aromatic carbocycles. The number of benzene rings is 2. The van der Waals surface area contributed by atoms with Gasteiger partial charge in [0.05, 0.1) is 0 Å². The van der Waals surface area contributed by atoms with E-state index in [0.29, 0.717) is 12.3 Å². The quantitative estimate of drug-likeness (QED) is 0.729. The first-order valence-corrected chi connectivity index (χ1v) is 6.88. The van der Waals surface area contributed by atoms with Crippen molar-refractivity contribution in [1.82, 2.24) is 10.2 Å². The van der Waals surface area contributed by atoms with Crippen molar-refractivity contribution in [1.29, 1.82) is 0 Å². The van der Waals surface area contributed by atoms with Crippen molar-refractivity contribution in [3.63, 3.8) is 0 Å². The van der Waals surface area contributed by atoms with E-state index in [-0.39, 0.29) is 6.01 Å². The second-order valence-electron chi connectivity index (χ2n) is 4.66. The van der Waals surface area contributed by atoms with Gasteiger partial charge in [0, 0.05) is 6.54 Å². The first-order valence-electron chi connectivity index (χ1n) is 6.88. The summed E-state index contributed by atoms with van der Waals surface area (Å²) in [6, 6.07) is 16.7. The summed E-state index contributed by atoms with van der Waals surface area (Å²) in [7, 11) is 0. The zero-order valence-electron chi connectivity index (χ0n) is 11.9. The van der Waals surface area contributed by atoms with Crippen LogP contribution in [-0.2, 0) is 6.54 Å². The summed E-state index contributed by atoms with van der Waals surface area (Å²) in [6.07, 6.45) is -2.78. The third-order valence-electron chi connectivity index (χ3n) is 2.95. The first-order chi connectivity index (χ1) is 11.2. The molecule has 0 spiro atoms. The molecule has 0 saturated carbocycles. The molecule has 118 valence electrons. The molecule has 5 nitrogen and oxygen atoms in total. The molecule has 3 rings (SSSR count). The number of hydrogen-bond donors (Lipinski definition) is 1. The third-order valence-corrected chi connectivity index (χ3v) is 2.95. The van der Waals surface area contributed by atoms with Crippen LogP contribution in [0.5, 0.6) is 11.5 Å². The molecule has 3 aromatic rings. The Morgan fingerprint density at radius 3 is 2.52 bits per heavy atom. The molecule has 0 amide bonds. The Kier molecular flexibility index (Phi) is 4.46. The summed E-state index contributed by atoms with van der Waals surface area (Å²) >= 11 is 0. The van der Waals surface area contributed by atoms with E-state index < -0.39 is 12.3 Å². The summed E-state index contributed by atoms with van der Waals surface area (Å²) < 4.78 is 35.2. The molecule has 0 aliphatic rings. The highest BCUT2D eigenvalue weighted by molar-refractivity contribution is 5.35. The highest BCUT2D eigenvalue weighted by atomic mass is 19.3. The van der Waals surface area contributed by atoms with Crippen LogP contribution in [0.25, 0.3) is 0 Å². The van der Waals surface area contributed by atoms with E-state index >= 15 is 0 Å². The predicted octanol–water partition coefficient (Wildman–Crippen LogP) is 4.41. The lowest BCUT2D eigenvalue weighted by molar-refractivity contribution is 0.116. The number of aromatic nitrogens is 2. The van der Waals surface area contributed by atoms with Gasteiger partial charge in [-0.05, 0) is 29.8 Å². The van der Waals surface area contributed by atoms with E-state index in [4.69, 9.17) is 9.15 Å². The van der Waals surface area contributed by atoms with Crippen LogP contribution >= 0.6 is 0 Å². The average Bonchev–Trinajstić information content (AvgIpc) is 3.04. The van der Waals surface area contributed by atoms with Gasteiger partial charge < -0.3 is 14.5 Å². The maximum absolute atomic E-state index is 12.4. The molecule has 0 radical (unpaired) electrons. The molecule has 7 heteroatoms. The van der Waals surface area contributed by atoms with Crippen molar-refractivity contribution in [2.45, 2.75) is 13.0 Å². The fourth-order valence-corrected chi connectivity index (χ4v) is 1.92. The Labute approximate surface area is 130 Å². The van der Waals surface area contributed by atoms with Gasteiger partial charge in [0.15, 0.2) is 0 Å². The van der Waals surface area contributed by atoms with Crippen LogP contribution in [0, 0.1) is 0 Å². The van der Waals surface area contributed by atoms with Crippen LogP contribution < -0.4 is 10.1 Å². The number of para-hydroxylation sites is 1. The van der Waals surface area contributed by atoms with E-state index in [2.05, 4.69) is 15.5 Å². The van der Waals surface area contributed by atoms with Crippen molar-refractivity contribution in [2.24, 2.45) is 0 Å². The smallest absolute Gasteiger partial charge is 0.315 e. The van der Waals surface area contributed by atoms with Crippen LogP contribution in [0.1, 0.15) is 17.9 Å². The van der Waals surface area contributed by atoms with Gasteiger partial charge in [-0.25, -0.2) is 0 Å². The average molecular weight is 317 g/mol. The van der Waals surface area contributed by atoms with E-state index in [1.54, 1.807) is 0 Å². The fourth-order valence-electron chi connectivity index (χ4n) is 1.92. The number of nitrogens with zero attached hydrogens (tertiary/aromatic N) is 2.